The summed E-state index contributed by atoms with van der Waals surface area (Å²) in [7, 11) is 0. The van der Waals surface area contributed by atoms with Crippen LogP contribution in [0, 0.1) is 0 Å². The molecule has 2 atom stereocenters. The number of fused-ring (bicyclic) bond motifs is 1. The molecule has 1 aliphatic heterocycles. The largest absolute Gasteiger partial charge is 0.467 e. The Morgan fingerprint density at radius 1 is 1.25 bits per heavy atom. The van der Waals surface area contributed by atoms with Crippen LogP contribution in [-0.4, -0.2) is 21.9 Å². The van der Waals surface area contributed by atoms with E-state index in [0.717, 1.165) is 10.2 Å². The lowest BCUT2D eigenvalue weighted by atomic mass is 9.97. The SMILES string of the molecule is O=C(NCc1ccco1)c1cc2n(n1)[C@H](C(F)(F)F)C[C@H](c1ccccc1)N2. The minimum Gasteiger partial charge on any atom is -0.467 e. The number of carbonyl (C=O) groups is 1. The molecule has 0 radical (unpaired) electrons. The number of rotatable bonds is 4. The Hall–Kier alpha value is -3.23. The molecule has 1 aromatic carbocycles. The Labute approximate surface area is 158 Å². The van der Waals surface area contributed by atoms with Crippen molar-refractivity contribution >= 4 is 11.7 Å². The van der Waals surface area contributed by atoms with Crippen LogP contribution >= 0.6 is 0 Å². The van der Waals surface area contributed by atoms with Crippen LogP contribution in [0.4, 0.5) is 19.0 Å². The number of amides is 1. The molecule has 2 N–H and O–H groups in total. The maximum Gasteiger partial charge on any atom is 0.410 e. The number of hydrogen-bond donors (Lipinski definition) is 2. The molecule has 0 saturated heterocycles. The summed E-state index contributed by atoms with van der Waals surface area (Å²) in [4.78, 5) is 12.3. The van der Waals surface area contributed by atoms with E-state index in [9.17, 15) is 18.0 Å². The van der Waals surface area contributed by atoms with E-state index in [-0.39, 0.29) is 24.5 Å². The highest BCUT2D eigenvalue weighted by atomic mass is 19.4. The molecule has 3 aromatic rings. The van der Waals surface area contributed by atoms with Gasteiger partial charge in [-0.25, -0.2) is 4.68 Å². The third-order valence-electron chi connectivity index (χ3n) is 4.63. The van der Waals surface area contributed by atoms with Crippen molar-refractivity contribution in [3.05, 3.63) is 71.8 Å². The van der Waals surface area contributed by atoms with E-state index in [2.05, 4.69) is 15.7 Å². The van der Waals surface area contributed by atoms with Gasteiger partial charge in [0.05, 0.1) is 18.8 Å². The first-order chi connectivity index (χ1) is 13.4. The van der Waals surface area contributed by atoms with Crippen molar-refractivity contribution in [2.75, 3.05) is 5.32 Å². The van der Waals surface area contributed by atoms with Gasteiger partial charge in [0.1, 0.15) is 11.6 Å². The van der Waals surface area contributed by atoms with Crippen molar-refractivity contribution in [2.45, 2.75) is 31.2 Å². The number of anilines is 1. The number of furan rings is 1. The van der Waals surface area contributed by atoms with Crippen LogP contribution in [0.3, 0.4) is 0 Å². The molecule has 9 heteroatoms. The monoisotopic (exact) mass is 390 g/mol. The molecule has 146 valence electrons. The van der Waals surface area contributed by atoms with Gasteiger partial charge in [-0.1, -0.05) is 30.3 Å². The molecule has 0 unspecified atom stereocenters. The average molecular weight is 390 g/mol. The first kappa shape index (κ1) is 18.1. The number of aromatic nitrogens is 2. The van der Waals surface area contributed by atoms with Crippen molar-refractivity contribution in [1.29, 1.82) is 0 Å². The van der Waals surface area contributed by atoms with E-state index < -0.39 is 24.2 Å². The Morgan fingerprint density at radius 2 is 2.04 bits per heavy atom. The van der Waals surface area contributed by atoms with Crippen molar-refractivity contribution in [1.82, 2.24) is 15.1 Å². The second-order valence-electron chi connectivity index (χ2n) is 6.52. The molecule has 3 heterocycles. The summed E-state index contributed by atoms with van der Waals surface area (Å²) in [6.07, 6.45) is -3.23. The zero-order valence-electron chi connectivity index (χ0n) is 14.6. The van der Waals surface area contributed by atoms with Crippen LogP contribution in [-0.2, 0) is 6.54 Å². The fraction of sp³-hybridized carbons (Fsp3) is 0.263. The second-order valence-corrected chi connectivity index (χ2v) is 6.52. The van der Waals surface area contributed by atoms with Crippen molar-refractivity contribution in [3.63, 3.8) is 0 Å². The molecule has 1 amide bonds. The Bertz CT molecular complexity index is 951. The number of carbonyl (C=O) groups excluding carboxylic acids is 1. The van der Waals surface area contributed by atoms with Crippen molar-refractivity contribution in [2.24, 2.45) is 0 Å². The van der Waals surface area contributed by atoms with Gasteiger partial charge in [-0.3, -0.25) is 4.79 Å². The molecule has 2 aromatic heterocycles. The Morgan fingerprint density at radius 3 is 2.71 bits per heavy atom. The van der Waals surface area contributed by atoms with Crippen molar-refractivity contribution in [3.8, 4) is 0 Å². The van der Waals surface area contributed by atoms with Gasteiger partial charge in [0, 0.05) is 12.5 Å². The van der Waals surface area contributed by atoms with Gasteiger partial charge in [0.25, 0.3) is 5.91 Å². The fourth-order valence-electron chi connectivity index (χ4n) is 3.26. The predicted molar refractivity (Wildman–Crippen MR) is 94.6 cm³/mol. The lowest BCUT2D eigenvalue weighted by molar-refractivity contribution is -0.173. The van der Waals surface area contributed by atoms with Gasteiger partial charge in [0.15, 0.2) is 11.7 Å². The molecule has 0 spiro atoms. The highest BCUT2D eigenvalue weighted by molar-refractivity contribution is 5.93. The predicted octanol–water partition coefficient (Wildman–Crippen LogP) is 4.07. The molecule has 1 aliphatic rings. The van der Waals surface area contributed by atoms with Crippen LogP contribution in [0.2, 0.25) is 0 Å². The van der Waals surface area contributed by atoms with Crippen LogP contribution in [0.5, 0.6) is 0 Å². The van der Waals surface area contributed by atoms with Crippen LogP contribution in [0.15, 0.2) is 59.2 Å². The summed E-state index contributed by atoms with van der Waals surface area (Å²) >= 11 is 0. The van der Waals surface area contributed by atoms with E-state index >= 15 is 0 Å². The summed E-state index contributed by atoms with van der Waals surface area (Å²) in [6, 6.07) is 11.3. The molecule has 0 bridgehead atoms. The summed E-state index contributed by atoms with van der Waals surface area (Å²) < 4.78 is 46.9. The summed E-state index contributed by atoms with van der Waals surface area (Å²) in [5.74, 6) is 0.121. The zero-order valence-corrected chi connectivity index (χ0v) is 14.6. The van der Waals surface area contributed by atoms with E-state index in [1.807, 2.05) is 0 Å². The minimum absolute atomic E-state index is 0.0861. The summed E-state index contributed by atoms with van der Waals surface area (Å²) in [5, 5.41) is 9.57. The second kappa shape index (κ2) is 7.06. The van der Waals surface area contributed by atoms with Gasteiger partial charge in [-0.05, 0) is 17.7 Å². The normalized spacial score (nSPS) is 19.0. The summed E-state index contributed by atoms with van der Waals surface area (Å²) in [6.45, 7) is 0.122. The highest BCUT2D eigenvalue weighted by Gasteiger charge is 2.46. The van der Waals surface area contributed by atoms with E-state index in [1.54, 1.807) is 42.5 Å². The van der Waals surface area contributed by atoms with E-state index in [1.165, 1.54) is 12.3 Å². The van der Waals surface area contributed by atoms with Gasteiger partial charge in [-0.15, -0.1) is 0 Å². The molecule has 28 heavy (non-hydrogen) atoms. The Balaban J connectivity index is 1.59. The molecule has 0 aliphatic carbocycles. The lowest BCUT2D eigenvalue weighted by Gasteiger charge is -2.33. The topological polar surface area (TPSA) is 72.1 Å². The van der Waals surface area contributed by atoms with Gasteiger partial charge >= 0.3 is 6.18 Å². The maximum absolute atomic E-state index is 13.7. The number of benzene rings is 1. The van der Waals surface area contributed by atoms with Crippen LogP contribution < -0.4 is 10.6 Å². The fourth-order valence-corrected chi connectivity index (χ4v) is 3.26. The number of halogens is 3. The standard InChI is InChI=1S/C19H17F3N4O2/c20-19(21,22)16-9-14(12-5-2-1-3-6-12)24-17-10-15(25-26(16)17)18(27)23-11-13-7-4-8-28-13/h1-8,10,14,16,24H,9,11H2,(H,23,27)/t14-,16+/m1/s1. The lowest BCUT2D eigenvalue weighted by Crippen LogP contribution is -2.35. The first-order valence-electron chi connectivity index (χ1n) is 8.70. The van der Waals surface area contributed by atoms with Crippen LogP contribution in [0.25, 0.3) is 0 Å². The zero-order chi connectivity index (χ0) is 19.7. The minimum atomic E-state index is -4.49. The van der Waals surface area contributed by atoms with E-state index in [4.69, 9.17) is 4.42 Å². The molecule has 0 saturated carbocycles. The van der Waals surface area contributed by atoms with Gasteiger partial charge in [-0.2, -0.15) is 18.3 Å². The maximum atomic E-state index is 13.7. The Kier molecular flexibility index (Phi) is 4.58. The number of alkyl halides is 3. The molecule has 0 fully saturated rings. The van der Waals surface area contributed by atoms with Crippen molar-refractivity contribution < 1.29 is 22.4 Å². The molecular formula is C19H17F3N4O2. The first-order valence-corrected chi connectivity index (χ1v) is 8.70. The third-order valence-corrected chi connectivity index (χ3v) is 4.63. The van der Waals surface area contributed by atoms with Gasteiger partial charge in [0.2, 0.25) is 0 Å². The van der Waals surface area contributed by atoms with E-state index in [0.29, 0.717) is 5.76 Å². The number of nitrogens with zero attached hydrogens (tertiary/aromatic N) is 2. The van der Waals surface area contributed by atoms with Crippen LogP contribution in [0.1, 0.15) is 40.3 Å². The average Bonchev–Trinajstić information content (AvgIpc) is 3.34. The molecule has 6 nitrogen and oxygen atoms in total. The summed E-state index contributed by atoms with van der Waals surface area (Å²) in [5.41, 5.74) is 0.657. The highest BCUT2D eigenvalue weighted by Crippen LogP contribution is 2.43. The number of nitrogens with one attached hydrogen (secondary N) is 2. The quantitative estimate of drug-likeness (QED) is 0.705. The van der Waals surface area contributed by atoms with Gasteiger partial charge < -0.3 is 15.1 Å². The third kappa shape index (κ3) is 3.60. The molecular weight excluding hydrogens is 373 g/mol. The number of hydrogen-bond acceptors (Lipinski definition) is 4. The smallest absolute Gasteiger partial charge is 0.410 e. The molecule has 4 rings (SSSR count).